The van der Waals surface area contributed by atoms with Gasteiger partial charge in [-0.25, -0.2) is 0 Å². The summed E-state index contributed by atoms with van der Waals surface area (Å²) in [4.78, 5) is 21.7. The van der Waals surface area contributed by atoms with Crippen molar-refractivity contribution < 1.29 is 14.1 Å². The first-order chi connectivity index (χ1) is 11.0. The molecule has 2 rings (SSSR count). The van der Waals surface area contributed by atoms with Crippen LogP contribution in [-0.4, -0.2) is 17.9 Å². The number of nitro benzene ring substituents is 1. The van der Waals surface area contributed by atoms with Crippen LogP contribution in [0.1, 0.15) is 5.76 Å². The van der Waals surface area contributed by atoms with E-state index in [9.17, 15) is 14.9 Å². The first-order valence-electron chi connectivity index (χ1n) is 6.34. The molecule has 1 N–H and O–H groups in total. The number of amides is 1. The topological polar surface area (TPSA) is 109 Å². The van der Waals surface area contributed by atoms with Gasteiger partial charge in [0.2, 0.25) is 0 Å². The molecule has 0 aliphatic carbocycles. The van der Waals surface area contributed by atoms with Crippen LogP contribution in [0, 0.1) is 21.4 Å². The molecule has 1 aromatic carbocycles. The molecule has 0 unspecified atom stereocenters. The molecule has 1 amide bonds. The SMILES string of the molecule is CNC(=O)/C(C#N)=C/c1ccc(-c2ccc([N+](=O)[O-])cc2Br)o1. The molecule has 0 saturated heterocycles. The Morgan fingerprint density at radius 2 is 2.17 bits per heavy atom. The number of halogens is 1. The van der Waals surface area contributed by atoms with E-state index in [4.69, 9.17) is 9.68 Å². The molecular formula is C15H10BrN3O4. The van der Waals surface area contributed by atoms with Crippen LogP contribution in [0.25, 0.3) is 17.4 Å². The van der Waals surface area contributed by atoms with Crippen molar-refractivity contribution in [2.45, 2.75) is 0 Å². The minimum atomic E-state index is -0.512. The van der Waals surface area contributed by atoms with Crippen LogP contribution in [0.2, 0.25) is 0 Å². The number of carbonyl (C=O) groups excluding carboxylic acids is 1. The smallest absolute Gasteiger partial charge is 0.270 e. The van der Waals surface area contributed by atoms with Crippen LogP contribution >= 0.6 is 15.9 Å². The van der Waals surface area contributed by atoms with Gasteiger partial charge in [-0.1, -0.05) is 0 Å². The van der Waals surface area contributed by atoms with Gasteiger partial charge in [0.15, 0.2) is 0 Å². The van der Waals surface area contributed by atoms with E-state index in [1.807, 2.05) is 0 Å². The number of non-ortho nitro benzene ring substituents is 1. The van der Waals surface area contributed by atoms with Crippen LogP contribution in [0.4, 0.5) is 5.69 Å². The highest BCUT2D eigenvalue weighted by atomic mass is 79.9. The molecule has 0 spiro atoms. The maximum atomic E-state index is 11.5. The molecule has 1 aromatic heterocycles. The number of nitrogens with one attached hydrogen (secondary N) is 1. The molecule has 1 heterocycles. The Kier molecular flexibility index (Phi) is 4.93. The number of nitriles is 1. The van der Waals surface area contributed by atoms with Crippen LogP contribution in [0.5, 0.6) is 0 Å². The van der Waals surface area contributed by atoms with E-state index >= 15 is 0 Å². The van der Waals surface area contributed by atoms with Crippen LogP contribution in [0.15, 0.2) is 44.8 Å². The Morgan fingerprint density at radius 3 is 2.74 bits per heavy atom. The molecule has 2 aromatic rings. The predicted molar refractivity (Wildman–Crippen MR) is 86.2 cm³/mol. The molecule has 8 heteroatoms. The molecule has 0 fully saturated rings. The highest BCUT2D eigenvalue weighted by Gasteiger charge is 2.14. The summed E-state index contributed by atoms with van der Waals surface area (Å²) in [5.74, 6) is 0.264. The number of nitro groups is 1. The van der Waals surface area contributed by atoms with Crippen molar-refractivity contribution in [2.75, 3.05) is 7.05 Å². The van der Waals surface area contributed by atoms with Gasteiger partial charge >= 0.3 is 0 Å². The highest BCUT2D eigenvalue weighted by Crippen LogP contribution is 2.32. The van der Waals surface area contributed by atoms with Gasteiger partial charge in [0.1, 0.15) is 23.2 Å². The fourth-order valence-corrected chi connectivity index (χ4v) is 2.38. The van der Waals surface area contributed by atoms with E-state index < -0.39 is 10.8 Å². The number of hydrogen-bond donors (Lipinski definition) is 1. The third-order valence-electron chi connectivity index (χ3n) is 2.93. The minimum Gasteiger partial charge on any atom is -0.457 e. The van der Waals surface area contributed by atoms with Crippen molar-refractivity contribution in [1.29, 1.82) is 5.26 Å². The quantitative estimate of drug-likeness (QED) is 0.381. The maximum Gasteiger partial charge on any atom is 0.270 e. The number of benzene rings is 1. The standard InChI is InChI=1S/C15H10BrN3O4/c1-18-15(20)9(8-17)6-11-3-5-14(23-11)12-4-2-10(19(21)22)7-13(12)16/h2-7H,1H3,(H,18,20)/b9-6+. The Balaban J connectivity index is 2.37. The Labute approximate surface area is 139 Å². The lowest BCUT2D eigenvalue weighted by Gasteiger charge is -2.01. The lowest BCUT2D eigenvalue weighted by molar-refractivity contribution is -0.384. The van der Waals surface area contributed by atoms with Gasteiger partial charge in [-0.3, -0.25) is 14.9 Å². The number of carbonyl (C=O) groups is 1. The summed E-state index contributed by atoms with van der Waals surface area (Å²) in [5.41, 5.74) is 0.489. The maximum absolute atomic E-state index is 11.5. The lowest BCUT2D eigenvalue weighted by atomic mass is 10.1. The zero-order valence-corrected chi connectivity index (χ0v) is 13.5. The third-order valence-corrected chi connectivity index (χ3v) is 3.59. The first kappa shape index (κ1) is 16.5. The normalized spacial score (nSPS) is 10.9. The zero-order chi connectivity index (χ0) is 17.0. The zero-order valence-electron chi connectivity index (χ0n) is 11.9. The van der Waals surface area contributed by atoms with E-state index in [1.54, 1.807) is 24.3 Å². The van der Waals surface area contributed by atoms with Crippen LogP contribution < -0.4 is 5.32 Å². The molecular weight excluding hydrogens is 366 g/mol. The summed E-state index contributed by atoms with van der Waals surface area (Å²) >= 11 is 3.26. The van der Waals surface area contributed by atoms with Crippen LogP contribution in [-0.2, 0) is 4.79 Å². The highest BCUT2D eigenvalue weighted by molar-refractivity contribution is 9.10. The number of hydrogen-bond acceptors (Lipinski definition) is 5. The van der Waals surface area contributed by atoms with Gasteiger partial charge in [-0.2, -0.15) is 5.26 Å². The molecule has 7 nitrogen and oxygen atoms in total. The fourth-order valence-electron chi connectivity index (χ4n) is 1.82. The van der Waals surface area contributed by atoms with Crippen molar-refractivity contribution in [1.82, 2.24) is 5.32 Å². The second-order valence-corrected chi connectivity index (χ2v) is 5.23. The minimum absolute atomic E-state index is 0.0429. The van der Waals surface area contributed by atoms with Gasteiger partial charge in [0.25, 0.3) is 11.6 Å². The van der Waals surface area contributed by atoms with E-state index in [-0.39, 0.29) is 11.3 Å². The van der Waals surface area contributed by atoms with Gasteiger partial charge in [-0.05, 0) is 34.1 Å². The Morgan fingerprint density at radius 1 is 1.43 bits per heavy atom. The molecule has 0 radical (unpaired) electrons. The van der Waals surface area contributed by atoms with Gasteiger partial charge in [0, 0.05) is 35.3 Å². The Bertz CT molecular complexity index is 849. The van der Waals surface area contributed by atoms with E-state index in [0.29, 0.717) is 21.6 Å². The number of furan rings is 1. The largest absolute Gasteiger partial charge is 0.457 e. The van der Waals surface area contributed by atoms with E-state index in [0.717, 1.165) is 0 Å². The molecule has 116 valence electrons. The van der Waals surface area contributed by atoms with Crippen molar-refractivity contribution in [3.8, 4) is 17.4 Å². The molecule has 23 heavy (non-hydrogen) atoms. The van der Waals surface area contributed by atoms with Gasteiger partial charge < -0.3 is 9.73 Å². The molecule has 0 bridgehead atoms. The molecule has 0 aliphatic rings. The summed E-state index contributed by atoms with van der Waals surface area (Å²) in [5, 5.41) is 22.0. The number of nitrogens with zero attached hydrogens (tertiary/aromatic N) is 2. The monoisotopic (exact) mass is 375 g/mol. The van der Waals surface area contributed by atoms with E-state index in [1.165, 1.54) is 25.3 Å². The molecule has 0 saturated carbocycles. The van der Waals surface area contributed by atoms with Crippen molar-refractivity contribution in [3.63, 3.8) is 0 Å². The van der Waals surface area contributed by atoms with Crippen molar-refractivity contribution in [2.24, 2.45) is 0 Å². The number of likely N-dealkylation sites (N-methyl/N-ethyl adjacent to an activating group) is 1. The predicted octanol–water partition coefficient (Wildman–Crippen LogP) is 3.27. The van der Waals surface area contributed by atoms with Crippen LogP contribution in [0.3, 0.4) is 0 Å². The van der Waals surface area contributed by atoms with Gasteiger partial charge in [-0.15, -0.1) is 0 Å². The summed E-state index contributed by atoms with van der Waals surface area (Å²) < 4.78 is 6.07. The third kappa shape index (κ3) is 3.64. The average molecular weight is 376 g/mol. The van der Waals surface area contributed by atoms with E-state index in [2.05, 4.69) is 21.2 Å². The first-order valence-corrected chi connectivity index (χ1v) is 7.13. The second kappa shape index (κ2) is 6.89. The summed E-state index contributed by atoms with van der Waals surface area (Å²) in [6.45, 7) is 0. The fraction of sp³-hybridized carbons (Fsp3) is 0.0667. The van der Waals surface area contributed by atoms with Gasteiger partial charge in [0.05, 0.1) is 4.92 Å². The average Bonchev–Trinajstić information content (AvgIpc) is 2.99. The summed E-state index contributed by atoms with van der Waals surface area (Å²) in [6, 6.07) is 9.33. The molecule has 0 aliphatic heterocycles. The van der Waals surface area contributed by atoms with Crippen molar-refractivity contribution in [3.05, 3.63) is 56.3 Å². The summed E-state index contributed by atoms with van der Waals surface area (Å²) in [6.07, 6.45) is 1.32. The van der Waals surface area contributed by atoms with Crippen molar-refractivity contribution >= 4 is 33.6 Å². The lowest BCUT2D eigenvalue weighted by Crippen LogP contribution is -2.18. The number of rotatable bonds is 4. The molecule has 0 atom stereocenters. The Hall–Kier alpha value is -2.92. The second-order valence-electron chi connectivity index (χ2n) is 4.37. The summed E-state index contributed by atoms with van der Waals surface area (Å²) in [7, 11) is 1.43.